The Labute approximate surface area is 138 Å². The highest BCUT2D eigenvalue weighted by molar-refractivity contribution is 5.91. The van der Waals surface area contributed by atoms with E-state index in [4.69, 9.17) is 4.74 Å². The molecule has 4 heteroatoms. The second-order valence-corrected chi connectivity index (χ2v) is 6.50. The van der Waals surface area contributed by atoms with Gasteiger partial charge in [0.2, 0.25) is 5.91 Å². The number of hydrogen-bond donors (Lipinski definition) is 2. The van der Waals surface area contributed by atoms with Gasteiger partial charge in [0.15, 0.2) is 0 Å². The molecule has 2 unspecified atom stereocenters. The number of nitrogens with one attached hydrogen (secondary N) is 1. The Balaban J connectivity index is 1.81. The number of hydrogen-bond acceptors (Lipinski definition) is 3. The van der Waals surface area contributed by atoms with Crippen molar-refractivity contribution in [2.75, 3.05) is 6.54 Å². The van der Waals surface area contributed by atoms with Gasteiger partial charge in [0.25, 0.3) is 0 Å². The van der Waals surface area contributed by atoms with Gasteiger partial charge in [-0.25, -0.2) is 0 Å². The summed E-state index contributed by atoms with van der Waals surface area (Å²) >= 11 is 0. The topological polar surface area (TPSA) is 58.6 Å². The number of carbonyl (C=O) groups excluding carboxylic acids is 1. The van der Waals surface area contributed by atoms with E-state index in [0.717, 1.165) is 37.0 Å². The molecule has 4 nitrogen and oxygen atoms in total. The SMILES string of the molecule is CC(C)Oc1cccc(/C=C/C(=O)NCC2CCCC(O)C2)c1. The molecule has 1 aliphatic carbocycles. The highest BCUT2D eigenvalue weighted by Gasteiger charge is 2.20. The largest absolute Gasteiger partial charge is 0.491 e. The molecule has 2 N–H and O–H groups in total. The van der Waals surface area contributed by atoms with Crippen LogP contribution < -0.4 is 10.1 Å². The number of amides is 1. The van der Waals surface area contributed by atoms with Crippen LogP contribution in [0, 0.1) is 5.92 Å². The van der Waals surface area contributed by atoms with Gasteiger partial charge in [-0.15, -0.1) is 0 Å². The van der Waals surface area contributed by atoms with Gasteiger partial charge in [0, 0.05) is 12.6 Å². The van der Waals surface area contributed by atoms with Gasteiger partial charge in [0.05, 0.1) is 12.2 Å². The molecule has 1 amide bonds. The first-order valence-electron chi connectivity index (χ1n) is 8.43. The fourth-order valence-electron chi connectivity index (χ4n) is 2.89. The van der Waals surface area contributed by atoms with Crippen molar-refractivity contribution >= 4 is 12.0 Å². The Morgan fingerprint density at radius 3 is 3.00 bits per heavy atom. The van der Waals surface area contributed by atoms with Crippen molar-refractivity contribution in [2.45, 2.75) is 51.7 Å². The Kier molecular flexibility index (Phi) is 6.66. The first-order chi connectivity index (χ1) is 11.0. The minimum atomic E-state index is -0.204. The molecule has 126 valence electrons. The van der Waals surface area contributed by atoms with Gasteiger partial charge in [-0.3, -0.25) is 4.79 Å². The van der Waals surface area contributed by atoms with E-state index in [-0.39, 0.29) is 18.1 Å². The third-order valence-corrected chi connectivity index (χ3v) is 3.98. The van der Waals surface area contributed by atoms with Crippen molar-refractivity contribution in [1.82, 2.24) is 5.32 Å². The number of aliphatic hydroxyl groups excluding tert-OH is 1. The Bertz CT molecular complexity index is 539. The zero-order valence-electron chi connectivity index (χ0n) is 14.0. The van der Waals surface area contributed by atoms with Gasteiger partial charge in [-0.05, 0) is 62.8 Å². The van der Waals surface area contributed by atoms with E-state index in [9.17, 15) is 9.90 Å². The number of benzene rings is 1. The van der Waals surface area contributed by atoms with E-state index >= 15 is 0 Å². The quantitative estimate of drug-likeness (QED) is 0.792. The lowest BCUT2D eigenvalue weighted by molar-refractivity contribution is -0.116. The fourth-order valence-corrected chi connectivity index (χ4v) is 2.89. The van der Waals surface area contributed by atoms with E-state index in [1.807, 2.05) is 38.1 Å². The maximum atomic E-state index is 11.9. The molecule has 0 aromatic heterocycles. The lowest BCUT2D eigenvalue weighted by Gasteiger charge is -2.25. The van der Waals surface area contributed by atoms with E-state index in [1.165, 1.54) is 0 Å². The lowest BCUT2D eigenvalue weighted by atomic mass is 9.87. The molecule has 0 heterocycles. The Morgan fingerprint density at radius 1 is 1.43 bits per heavy atom. The summed E-state index contributed by atoms with van der Waals surface area (Å²) in [4.78, 5) is 11.9. The third-order valence-electron chi connectivity index (χ3n) is 3.98. The smallest absolute Gasteiger partial charge is 0.244 e. The van der Waals surface area contributed by atoms with Crippen molar-refractivity contribution in [3.8, 4) is 5.75 Å². The second-order valence-electron chi connectivity index (χ2n) is 6.50. The summed E-state index contributed by atoms with van der Waals surface area (Å²) in [5.41, 5.74) is 0.936. The molecule has 0 saturated heterocycles. The van der Waals surface area contributed by atoms with Gasteiger partial charge in [-0.1, -0.05) is 18.6 Å². The molecule has 0 aliphatic heterocycles. The van der Waals surface area contributed by atoms with Crippen molar-refractivity contribution in [3.63, 3.8) is 0 Å². The molecule has 1 aromatic rings. The Morgan fingerprint density at radius 2 is 2.26 bits per heavy atom. The van der Waals surface area contributed by atoms with Crippen LogP contribution in [0.5, 0.6) is 5.75 Å². The summed E-state index contributed by atoms with van der Waals surface area (Å²) in [7, 11) is 0. The van der Waals surface area contributed by atoms with Gasteiger partial charge < -0.3 is 15.2 Å². The van der Waals surface area contributed by atoms with Crippen LogP contribution in [0.15, 0.2) is 30.3 Å². The summed E-state index contributed by atoms with van der Waals surface area (Å²) in [6.45, 7) is 4.60. The monoisotopic (exact) mass is 317 g/mol. The average Bonchev–Trinajstić information content (AvgIpc) is 2.51. The summed E-state index contributed by atoms with van der Waals surface area (Å²) in [6.07, 6.45) is 7.06. The van der Waals surface area contributed by atoms with E-state index in [1.54, 1.807) is 12.2 Å². The van der Waals surface area contributed by atoms with Crippen LogP contribution in [0.2, 0.25) is 0 Å². The molecule has 1 fully saturated rings. The van der Waals surface area contributed by atoms with Crippen LogP contribution in [0.1, 0.15) is 45.1 Å². The van der Waals surface area contributed by atoms with Crippen LogP contribution in [-0.2, 0) is 4.79 Å². The van der Waals surface area contributed by atoms with Crippen molar-refractivity contribution in [1.29, 1.82) is 0 Å². The van der Waals surface area contributed by atoms with E-state index in [2.05, 4.69) is 5.32 Å². The van der Waals surface area contributed by atoms with Crippen LogP contribution in [-0.4, -0.2) is 29.8 Å². The zero-order valence-corrected chi connectivity index (χ0v) is 14.0. The second kappa shape index (κ2) is 8.73. The standard InChI is InChI=1S/C19H27NO3/c1-14(2)23-18-8-4-5-15(12-18)9-10-19(22)20-13-16-6-3-7-17(21)11-16/h4-5,8-10,12,14,16-17,21H,3,6-7,11,13H2,1-2H3,(H,20,22)/b10-9+. The summed E-state index contributed by atoms with van der Waals surface area (Å²) in [5, 5.41) is 12.6. The van der Waals surface area contributed by atoms with Crippen LogP contribution in [0.3, 0.4) is 0 Å². The normalized spacial score (nSPS) is 21.6. The van der Waals surface area contributed by atoms with E-state index in [0.29, 0.717) is 12.5 Å². The molecular formula is C19H27NO3. The zero-order chi connectivity index (χ0) is 16.7. The minimum absolute atomic E-state index is 0.0970. The van der Waals surface area contributed by atoms with Gasteiger partial charge >= 0.3 is 0 Å². The van der Waals surface area contributed by atoms with Crippen LogP contribution >= 0.6 is 0 Å². The summed E-state index contributed by atoms with van der Waals surface area (Å²) < 4.78 is 5.64. The van der Waals surface area contributed by atoms with E-state index < -0.39 is 0 Å². The summed E-state index contributed by atoms with van der Waals surface area (Å²) in [5.74, 6) is 1.10. The molecule has 2 rings (SSSR count). The Hall–Kier alpha value is -1.81. The predicted octanol–water partition coefficient (Wildman–Crippen LogP) is 3.15. The highest BCUT2D eigenvalue weighted by Crippen LogP contribution is 2.23. The van der Waals surface area contributed by atoms with Crippen LogP contribution in [0.25, 0.3) is 6.08 Å². The fraction of sp³-hybridized carbons (Fsp3) is 0.526. The van der Waals surface area contributed by atoms with Crippen molar-refractivity contribution < 1.29 is 14.6 Å². The molecule has 2 atom stereocenters. The van der Waals surface area contributed by atoms with Crippen LogP contribution in [0.4, 0.5) is 0 Å². The summed E-state index contributed by atoms with van der Waals surface area (Å²) in [6, 6.07) is 7.68. The molecule has 1 saturated carbocycles. The first-order valence-corrected chi connectivity index (χ1v) is 8.43. The maximum absolute atomic E-state index is 11.9. The number of aliphatic hydroxyl groups is 1. The van der Waals surface area contributed by atoms with Crippen molar-refractivity contribution in [2.24, 2.45) is 5.92 Å². The highest BCUT2D eigenvalue weighted by atomic mass is 16.5. The maximum Gasteiger partial charge on any atom is 0.244 e. The molecular weight excluding hydrogens is 290 g/mol. The minimum Gasteiger partial charge on any atom is -0.491 e. The van der Waals surface area contributed by atoms with Gasteiger partial charge in [-0.2, -0.15) is 0 Å². The molecule has 1 aromatic carbocycles. The molecule has 23 heavy (non-hydrogen) atoms. The van der Waals surface area contributed by atoms with Gasteiger partial charge in [0.1, 0.15) is 5.75 Å². The number of rotatable bonds is 6. The average molecular weight is 317 g/mol. The molecule has 0 radical (unpaired) electrons. The van der Waals surface area contributed by atoms with Crippen molar-refractivity contribution in [3.05, 3.63) is 35.9 Å². The molecule has 0 spiro atoms. The molecule has 1 aliphatic rings. The lowest BCUT2D eigenvalue weighted by Crippen LogP contribution is -2.32. The number of carbonyl (C=O) groups is 1. The first kappa shape index (κ1) is 17.5. The molecule has 0 bridgehead atoms. The predicted molar refractivity (Wildman–Crippen MR) is 92.2 cm³/mol. The number of ether oxygens (including phenoxy) is 1. The third kappa shape index (κ3) is 6.45.